The summed E-state index contributed by atoms with van der Waals surface area (Å²) in [5.41, 5.74) is 1.66. The van der Waals surface area contributed by atoms with Crippen LogP contribution in [-0.2, 0) is 11.2 Å². The minimum Gasteiger partial charge on any atom is -0.491 e. The summed E-state index contributed by atoms with van der Waals surface area (Å²) in [6.07, 6.45) is 0.980. The molecule has 0 saturated carbocycles. The maximum absolute atomic E-state index is 11.0. The number of rotatable bonds is 8. The molecule has 9 heteroatoms. The third-order valence-corrected chi connectivity index (χ3v) is 7.30. The Hall–Kier alpha value is -2.06. The molecule has 4 rings (SSSR count). The van der Waals surface area contributed by atoms with E-state index in [4.69, 9.17) is 38.0 Å². The van der Waals surface area contributed by atoms with E-state index in [1.807, 2.05) is 18.2 Å². The summed E-state index contributed by atoms with van der Waals surface area (Å²) in [5.74, 6) is -0.344. The Labute approximate surface area is 201 Å². The number of carboxylic acid groups (broad SMARTS) is 1. The lowest BCUT2D eigenvalue weighted by molar-refractivity contribution is -0.136. The van der Waals surface area contributed by atoms with E-state index in [-0.39, 0.29) is 6.42 Å². The Morgan fingerprint density at radius 2 is 2.09 bits per heavy atom. The topological polar surface area (TPSA) is 65.9 Å². The number of aliphatic carboxylic acids is 1. The number of benzene rings is 2. The van der Waals surface area contributed by atoms with Gasteiger partial charge in [0.15, 0.2) is 5.13 Å². The molecule has 1 aliphatic heterocycles. The van der Waals surface area contributed by atoms with Gasteiger partial charge in [-0.15, -0.1) is 0 Å². The quantitative estimate of drug-likeness (QED) is 0.464. The van der Waals surface area contributed by atoms with Crippen LogP contribution < -0.4 is 9.64 Å². The number of anilines is 1. The second kappa shape index (κ2) is 10.3. The zero-order chi connectivity index (χ0) is 22.7. The fraction of sp³-hybridized carbons (Fsp3) is 0.391. The van der Waals surface area contributed by atoms with Crippen molar-refractivity contribution in [2.75, 3.05) is 37.7 Å². The normalized spacial score (nSPS) is 17.1. The number of nitrogens with zero attached hydrogens (tertiary/aromatic N) is 3. The van der Waals surface area contributed by atoms with Crippen LogP contribution in [0.5, 0.6) is 5.75 Å². The van der Waals surface area contributed by atoms with Crippen LogP contribution in [0.2, 0.25) is 10.0 Å². The molecule has 2 heterocycles. The second-order valence-corrected chi connectivity index (χ2v) is 9.69. The van der Waals surface area contributed by atoms with Crippen LogP contribution in [0, 0.1) is 0 Å². The van der Waals surface area contributed by atoms with Crippen molar-refractivity contribution < 1.29 is 14.6 Å². The lowest BCUT2D eigenvalue weighted by Gasteiger charge is -2.41. The van der Waals surface area contributed by atoms with E-state index in [2.05, 4.69) is 16.7 Å². The van der Waals surface area contributed by atoms with E-state index in [0.717, 1.165) is 53.0 Å². The number of ether oxygens (including phenoxy) is 1. The highest BCUT2D eigenvalue weighted by molar-refractivity contribution is 7.22. The summed E-state index contributed by atoms with van der Waals surface area (Å²) in [7, 11) is 0. The van der Waals surface area contributed by atoms with Gasteiger partial charge in [0, 0.05) is 37.2 Å². The summed E-state index contributed by atoms with van der Waals surface area (Å²) in [4.78, 5) is 20.6. The van der Waals surface area contributed by atoms with E-state index in [1.54, 1.807) is 29.5 Å². The first-order valence-corrected chi connectivity index (χ1v) is 12.2. The SMILES string of the molecule is CC[C@H]1CN(c2nc3ccc(Cl)cc3s2)CCN1CCOc1cc(CC(=O)O)ccc1Cl. The van der Waals surface area contributed by atoms with Crippen LogP contribution in [0.3, 0.4) is 0 Å². The number of halogens is 2. The number of aromatic nitrogens is 1. The Bertz CT molecular complexity index is 1110. The molecular formula is C23H25Cl2N3O3S. The highest BCUT2D eigenvalue weighted by Gasteiger charge is 2.27. The first kappa shape index (κ1) is 23.1. The zero-order valence-corrected chi connectivity index (χ0v) is 20.1. The van der Waals surface area contributed by atoms with Gasteiger partial charge in [0.2, 0.25) is 0 Å². The van der Waals surface area contributed by atoms with Crippen molar-refractivity contribution in [3.8, 4) is 5.75 Å². The van der Waals surface area contributed by atoms with Crippen molar-refractivity contribution in [1.29, 1.82) is 0 Å². The standard InChI is InChI=1S/C23H25Cl2N3O3S/c1-2-17-14-28(23-26-19-6-4-16(24)13-21(19)32-23)8-7-27(17)9-10-31-20-11-15(12-22(29)30)3-5-18(20)25/h3-6,11,13,17H,2,7-10,12,14H2,1H3,(H,29,30)/t17-/m0/s1. The maximum Gasteiger partial charge on any atom is 0.307 e. The third-order valence-electron chi connectivity index (χ3n) is 5.67. The monoisotopic (exact) mass is 493 g/mol. The van der Waals surface area contributed by atoms with E-state index >= 15 is 0 Å². The van der Waals surface area contributed by atoms with Gasteiger partial charge < -0.3 is 14.7 Å². The van der Waals surface area contributed by atoms with E-state index in [1.165, 1.54) is 0 Å². The molecule has 3 aromatic rings. The van der Waals surface area contributed by atoms with Crippen molar-refractivity contribution >= 4 is 55.9 Å². The molecule has 170 valence electrons. The predicted octanol–water partition coefficient (Wildman–Crippen LogP) is 5.21. The van der Waals surface area contributed by atoms with Crippen molar-refractivity contribution in [1.82, 2.24) is 9.88 Å². The lowest BCUT2D eigenvalue weighted by Crippen LogP contribution is -2.53. The van der Waals surface area contributed by atoms with E-state index in [9.17, 15) is 4.79 Å². The average molecular weight is 494 g/mol. The second-order valence-electron chi connectivity index (χ2n) is 7.84. The van der Waals surface area contributed by atoms with Crippen molar-refractivity contribution in [3.63, 3.8) is 0 Å². The molecule has 1 fully saturated rings. The van der Waals surface area contributed by atoms with Crippen LogP contribution >= 0.6 is 34.5 Å². The van der Waals surface area contributed by atoms with Gasteiger partial charge in [0.1, 0.15) is 12.4 Å². The van der Waals surface area contributed by atoms with Gasteiger partial charge in [0.05, 0.1) is 21.7 Å². The Kier molecular flexibility index (Phi) is 7.40. The molecule has 1 aliphatic rings. The summed E-state index contributed by atoms with van der Waals surface area (Å²) < 4.78 is 7.02. The van der Waals surface area contributed by atoms with Gasteiger partial charge in [-0.25, -0.2) is 4.98 Å². The number of carboxylic acids is 1. The molecule has 1 aromatic heterocycles. The minimum atomic E-state index is -0.877. The van der Waals surface area contributed by atoms with Gasteiger partial charge >= 0.3 is 5.97 Å². The van der Waals surface area contributed by atoms with Crippen LogP contribution in [0.15, 0.2) is 36.4 Å². The highest BCUT2D eigenvalue weighted by atomic mass is 35.5. The fourth-order valence-electron chi connectivity index (χ4n) is 3.99. The number of hydrogen-bond acceptors (Lipinski definition) is 6. The summed E-state index contributed by atoms with van der Waals surface area (Å²) in [5, 5.41) is 11.3. The summed E-state index contributed by atoms with van der Waals surface area (Å²) in [6.45, 7) is 6.21. The molecule has 1 atom stereocenters. The van der Waals surface area contributed by atoms with Crippen molar-refractivity contribution in [2.24, 2.45) is 0 Å². The third kappa shape index (κ3) is 5.46. The Morgan fingerprint density at radius 1 is 1.25 bits per heavy atom. The van der Waals surface area contributed by atoms with Gasteiger partial charge in [-0.05, 0) is 42.3 Å². The fourth-order valence-corrected chi connectivity index (χ4v) is 5.43. The Morgan fingerprint density at radius 3 is 2.88 bits per heavy atom. The molecule has 1 N–H and O–H groups in total. The molecule has 0 spiro atoms. The largest absolute Gasteiger partial charge is 0.491 e. The van der Waals surface area contributed by atoms with Gasteiger partial charge in [-0.1, -0.05) is 47.5 Å². The molecule has 32 heavy (non-hydrogen) atoms. The average Bonchev–Trinajstić information content (AvgIpc) is 3.19. The van der Waals surface area contributed by atoms with Crippen LogP contribution in [0.4, 0.5) is 5.13 Å². The number of piperazine rings is 1. The van der Waals surface area contributed by atoms with Crippen LogP contribution in [0.25, 0.3) is 10.2 Å². The van der Waals surface area contributed by atoms with E-state index < -0.39 is 5.97 Å². The molecule has 0 bridgehead atoms. The molecule has 6 nitrogen and oxygen atoms in total. The van der Waals surface area contributed by atoms with Gasteiger partial charge in [-0.2, -0.15) is 0 Å². The Balaban J connectivity index is 1.35. The smallest absolute Gasteiger partial charge is 0.307 e. The number of hydrogen-bond donors (Lipinski definition) is 1. The van der Waals surface area contributed by atoms with Crippen molar-refractivity contribution in [2.45, 2.75) is 25.8 Å². The predicted molar refractivity (Wildman–Crippen MR) is 131 cm³/mol. The lowest BCUT2D eigenvalue weighted by atomic mass is 10.1. The molecule has 0 radical (unpaired) electrons. The number of fused-ring (bicyclic) bond motifs is 1. The first-order chi connectivity index (χ1) is 15.4. The molecule has 2 aromatic carbocycles. The van der Waals surface area contributed by atoms with Crippen molar-refractivity contribution in [3.05, 3.63) is 52.0 Å². The maximum atomic E-state index is 11.0. The molecular weight excluding hydrogens is 469 g/mol. The molecule has 1 saturated heterocycles. The number of carbonyl (C=O) groups is 1. The summed E-state index contributed by atoms with van der Waals surface area (Å²) >= 11 is 14.0. The number of thiazole rings is 1. The van der Waals surface area contributed by atoms with Crippen LogP contribution in [0.1, 0.15) is 18.9 Å². The molecule has 0 unspecified atom stereocenters. The molecule has 0 aliphatic carbocycles. The van der Waals surface area contributed by atoms with Crippen LogP contribution in [-0.4, -0.2) is 59.8 Å². The minimum absolute atomic E-state index is 0.0502. The first-order valence-electron chi connectivity index (χ1n) is 10.6. The highest BCUT2D eigenvalue weighted by Crippen LogP contribution is 2.32. The van der Waals surface area contributed by atoms with Gasteiger partial charge in [-0.3, -0.25) is 9.69 Å². The van der Waals surface area contributed by atoms with E-state index in [0.29, 0.717) is 29.0 Å². The summed E-state index contributed by atoms with van der Waals surface area (Å²) in [6, 6.07) is 11.3. The van der Waals surface area contributed by atoms with Gasteiger partial charge in [0.25, 0.3) is 0 Å². The molecule has 0 amide bonds. The zero-order valence-electron chi connectivity index (χ0n) is 17.8.